The summed E-state index contributed by atoms with van der Waals surface area (Å²) in [5, 5.41) is 8.64. The van der Waals surface area contributed by atoms with E-state index in [1.807, 2.05) is 6.07 Å². The molecule has 0 atom stereocenters. The fraction of sp³-hybridized carbons (Fsp3) is 0.462. The van der Waals surface area contributed by atoms with Gasteiger partial charge < -0.3 is 4.74 Å². The van der Waals surface area contributed by atoms with Gasteiger partial charge in [0.25, 0.3) is 0 Å². The number of halogens is 3. The molecule has 18 heavy (non-hydrogen) atoms. The standard InChI is InChI=1S/C13H12F3NO/c14-13(15,16)10-3-1-2-4-11(10)18-9-12(5-6-12)7-8-17/h1-4H,5-7,9H2. The first-order chi connectivity index (χ1) is 8.47. The van der Waals surface area contributed by atoms with Crippen LogP contribution in [-0.2, 0) is 6.18 Å². The third-order valence-corrected chi connectivity index (χ3v) is 3.14. The Morgan fingerprint density at radius 2 is 1.94 bits per heavy atom. The number of hydrogen-bond acceptors (Lipinski definition) is 2. The van der Waals surface area contributed by atoms with Crippen LogP contribution in [0.3, 0.4) is 0 Å². The van der Waals surface area contributed by atoms with Gasteiger partial charge in [-0.25, -0.2) is 0 Å². The minimum absolute atomic E-state index is 0.158. The molecule has 1 saturated carbocycles. The number of ether oxygens (including phenoxy) is 1. The van der Waals surface area contributed by atoms with E-state index in [0.717, 1.165) is 18.9 Å². The van der Waals surface area contributed by atoms with E-state index in [9.17, 15) is 13.2 Å². The van der Waals surface area contributed by atoms with Crippen LogP contribution in [0.4, 0.5) is 13.2 Å². The van der Waals surface area contributed by atoms with Crippen LogP contribution in [0.1, 0.15) is 24.8 Å². The summed E-state index contributed by atoms with van der Waals surface area (Å²) in [5.74, 6) is -0.158. The van der Waals surface area contributed by atoms with Gasteiger partial charge in [-0.3, -0.25) is 0 Å². The Labute approximate surface area is 103 Å². The van der Waals surface area contributed by atoms with Gasteiger partial charge in [0.2, 0.25) is 0 Å². The maximum Gasteiger partial charge on any atom is 0.419 e. The molecule has 0 N–H and O–H groups in total. The van der Waals surface area contributed by atoms with Crippen molar-refractivity contribution in [3.05, 3.63) is 29.8 Å². The van der Waals surface area contributed by atoms with Gasteiger partial charge >= 0.3 is 6.18 Å². The van der Waals surface area contributed by atoms with Gasteiger partial charge in [-0.1, -0.05) is 12.1 Å². The third-order valence-electron chi connectivity index (χ3n) is 3.14. The summed E-state index contributed by atoms with van der Waals surface area (Å²) in [6, 6.07) is 7.20. The minimum Gasteiger partial charge on any atom is -0.492 e. The van der Waals surface area contributed by atoms with Gasteiger partial charge in [0.1, 0.15) is 5.75 Å². The van der Waals surface area contributed by atoms with E-state index in [-0.39, 0.29) is 17.8 Å². The molecule has 1 aromatic carbocycles. The maximum absolute atomic E-state index is 12.7. The predicted molar refractivity (Wildman–Crippen MR) is 58.8 cm³/mol. The molecule has 0 spiro atoms. The summed E-state index contributed by atoms with van der Waals surface area (Å²) in [4.78, 5) is 0. The SMILES string of the molecule is N#CCC1(COc2ccccc2C(F)(F)F)CC1. The Hall–Kier alpha value is -1.70. The van der Waals surface area contributed by atoms with Crippen LogP contribution >= 0.6 is 0 Å². The molecule has 0 saturated heterocycles. The van der Waals surface area contributed by atoms with Gasteiger partial charge in [0, 0.05) is 11.8 Å². The van der Waals surface area contributed by atoms with E-state index in [1.165, 1.54) is 18.2 Å². The minimum atomic E-state index is -4.41. The lowest BCUT2D eigenvalue weighted by Gasteiger charge is -2.16. The smallest absolute Gasteiger partial charge is 0.419 e. The number of alkyl halides is 3. The molecular weight excluding hydrogens is 243 g/mol. The maximum atomic E-state index is 12.7. The van der Waals surface area contributed by atoms with E-state index in [0.29, 0.717) is 6.42 Å². The number of nitrogens with zero attached hydrogens (tertiary/aromatic N) is 1. The first-order valence-corrected chi connectivity index (χ1v) is 5.63. The van der Waals surface area contributed by atoms with Crippen molar-refractivity contribution in [3.8, 4) is 11.8 Å². The zero-order chi connectivity index (χ0) is 13.2. The summed E-state index contributed by atoms with van der Waals surface area (Å²) in [6.45, 7) is 0.174. The molecule has 5 heteroatoms. The number of para-hydroxylation sites is 1. The van der Waals surface area contributed by atoms with Crippen LogP contribution in [0.25, 0.3) is 0 Å². The highest BCUT2D eigenvalue weighted by Gasteiger charge is 2.44. The van der Waals surface area contributed by atoms with E-state index >= 15 is 0 Å². The summed E-state index contributed by atoms with van der Waals surface area (Å²) in [5.41, 5.74) is -0.995. The lowest BCUT2D eigenvalue weighted by molar-refractivity contribution is -0.139. The Kier molecular flexibility index (Phi) is 3.20. The van der Waals surface area contributed by atoms with Gasteiger partial charge in [-0.05, 0) is 25.0 Å². The van der Waals surface area contributed by atoms with Crippen molar-refractivity contribution >= 4 is 0 Å². The number of nitriles is 1. The van der Waals surface area contributed by atoms with E-state index in [4.69, 9.17) is 10.00 Å². The van der Waals surface area contributed by atoms with E-state index < -0.39 is 11.7 Å². The zero-order valence-corrected chi connectivity index (χ0v) is 9.63. The molecule has 0 aromatic heterocycles. The van der Waals surface area contributed by atoms with Crippen LogP contribution in [0, 0.1) is 16.7 Å². The zero-order valence-electron chi connectivity index (χ0n) is 9.63. The lowest BCUT2D eigenvalue weighted by atomic mass is 10.1. The fourth-order valence-electron chi connectivity index (χ4n) is 1.77. The van der Waals surface area contributed by atoms with Crippen molar-refractivity contribution in [2.45, 2.75) is 25.4 Å². The average molecular weight is 255 g/mol. The summed E-state index contributed by atoms with van der Waals surface area (Å²) >= 11 is 0. The first-order valence-electron chi connectivity index (χ1n) is 5.63. The molecule has 0 bridgehead atoms. The van der Waals surface area contributed by atoms with Crippen LogP contribution in [0.2, 0.25) is 0 Å². The molecule has 0 unspecified atom stereocenters. The number of benzene rings is 1. The molecule has 0 radical (unpaired) electrons. The van der Waals surface area contributed by atoms with Crippen molar-refractivity contribution in [1.82, 2.24) is 0 Å². The molecule has 2 rings (SSSR count). The summed E-state index contributed by atoms with van der Waals surface area (Å²) in [7, 11) is 0. The molecule has 2 nitrogen and oxygen atoms in total. The molecule has 1 aromatic rings. The highest BCUT2D eigenvalue weighted by atomic mass is 19.4. The molecular formula is C13H12F3NO. The molecule has 0 heterocycles. The highest BCUT2D eigenvalue weighted by molar-refractivity contribution is 5.35. The summed E-state index contributed by atoms with van der Waals surface area (Å²) in [6.07, 6.45) is -2.40. The Balaban J connectivity index is 2.09. The topological polar surface area (TPSA) is 33.0 Å². The average Bonchev–Trinajstić information content (AvgIpc) is 3.07. The second-order valence-electron chi connectivity index (χ2n) is 4.62. The van der Waals surface area contributed by atoms with Crippen LogP contribution in [0.15, 0.2) is 24.3 Å². The van der Waals surface area contributed by atoms with Crippen molar-refractivity contribution in [2.75, 3.05) is 6.61 Å². The largest absolute Gasteiger partial charge is 0.492 e. The normalized spacial score (nSPS) is 17.0. The van der Waals surface area contributed by atoms with Crippen molar-refractivity contribution in [2.24, 2.45) is 5.41 Å². The van der Waals surface area contributed by atoms with Gasteiger partial charge in [-0.15, -0.1) is 0 Å². The molecule has 0 amide bonds. The van der Waals surface area contributed by atoms with Crippen LogP contribution < -0.4 is 4.74 Å². The Bertz CT molecular complexity index is 472. The second-order valence-corrected chi connectivity index (χ2v) is 4.62. The van der Waals surface area contributed by atoms with Gasteiger partial charge in [0.15, 0.2) is 0 Å². The number of hydrogen-bond donors (Lipinski definition) is 0. The Morgan fingerprint density at radius 3 is 2.50 bits per heavy atom. The lowest BCUT2D eigenvalue weighted by Crippen LogP contribution is -2.15. The van der Waals surface area contributed by atoms with E-state index in [2.05, 4.69) is 0 Å². The first kappa shape index (κ1) is 12.7. The quantitative estimate of drug-likeness (QED) is 0.820. The fourth-order valence-corrected chi connectivity index (χ4v) is 1.77. The molecule has 1 aliphatic carbocycles. The monoisotopic (exact) mass is 255 g/mol. The molecule has 1 fully saturated rings. The van der Waals surface area contributed by atoms with Gasteiger partial charge in [-0.2, -0.15) is 18.4 Å². The third kappa shape index (κ3) is 2.76. The van der Waals surface area contributed by atoms with Gasteiger partial charge in [0.05, 0.1) is 18.2 Å². The summed E-state index contributed by atoms with van der Waals surface area (Å²) < 4.78 is 43.4. The van der Waals surface area contributed by atoms with Crippen LogP contribution in [0.5, 0.6) is 5.75 Å². The van der Waals surface area contributed by atoms with Crippen molar-refractivity contribution in [3.63, 3.8) is 0 Å². The number of rotatable bonds is 4. The van der Waals surface area contributed by atoms with Crippen molar-refractivity contribution in [1.29, 1.82) is 5.26 Å². The van der Waals surface area contributed by atoms with Crippen LogP contribution in [-0.4, -0.2) is 6.61 Å². The predicted octanol–water partition coefficient (Wildman–Crippen LogP) is 3.78. The van der Waals surface area contributed by atoms with Crippen molar-refractivity contribution < 1.29 is 17.9 Å². The Morgan fingerprint density at radius 1 is 1.28 bits per heavy atom. The highest BCUT2D eigenvalue weighted by Crippen LogP contribution is 2.49. The molecule has 0 aliphatic heterocycles. The molecule has 96 valence electrons. The second kappa shape index (κ2) is 4.52. The molecule has 1 aliphatic rings. The van der Waals surface area contributed by atoms with E-state index in [1.54, 1.807) is 0 Å².